The molecule has 1 aliphatic rings. The summed E-state index contributed by atoms with van der Waals surface area (Å²) in [4.78, 5) is 2.46. The second kappa shape index (κ2) is 5.17. The van der Waals surface area contributed by atoms with Crippen LogP contribution in [0.25, 0.3) is 0 Å². The van der Waals surface area contributed by atoms with Crippen molar-refractivity contribution in [3.8, 4) is 0 Å². The number of benzene rings is 1. The first-order valence-corrected chi connectivity index (χ1v) is 6.30. The van der Waals surface area contributed by atoms with Gasteiger partial charge in [0.1, 0.15) is 0 Å². The molecule has 88 valence electrons. The van der Waals surface area contributed by atoms with Gasteiger partial charge in [-0.3, -0.25) is 4.90 Å². The number of halogens is 1. The lowest BCUT2D eigenvalue weighted by Gasteiger charge is -2.26. The lowest BCUT2D eigenvalue weighted by atomic mass is 10.0. The van der Waals surface area contributed by atoms with Gasteiger partial charge in [0, 0.05) is 17.6 Å². The van der Waals surface area contributed by atoms with Crippen molar-refractivity contribution < 1.29 is 0 Å². The lowest BCUT2D eigenvalue weighted by Crippen LogP contribution is -2.31. The lowest BCUT2D eigenvalue weighted by molar-refractivity contribution is 0.251. The number of rotatable bonds is 3. The molecule has 3 heteroatoms. The van der Waals surface area contributed by atoms with E-state index in [9.17, 15) is 0 Å². The molecule has 0 saturated carbocycles. The topological polar surface area (TPSA) is 29.3 Å². The van der Waals surface area contributed by atoms with Crippen LogP contribution in [0.3, 0.4) is 0 Å². The summed E-state index contributed by atoms with van der Waals surface area (Å²) >= 11 is 6.16. The first-order chi connectivity index (χ1) is 7.72. The van der Waals surface area contributed by atoms with Crippen LogP contribution in [0.15, 0.2) is 18.2 Å². The van der Waals surface area contributed by atoms with Crippen LogP contribution in [0.2, 0.25) is 5.02 Å². The first-order valence-electron chi connectivity index (χ1n) is 5.92. The van der Waals surface area contributed by atoms with Crippen LogP contribution in [0.1, 0.15) is 30.0 Å². The second-order valence-corrected chi connectivity index (χ2v) is 4.91. The minimum Gasteiger partial charge on any atom is -0.329 e. The number of hydrogen-bond acceptors (Lipinski definition) is 2. The van der Waals surface area contributed by atoms with E-state index in [0.717, 1.165) is 23.7 Å². The van der Waals surface area contributed by atoms with E-state index < -0.39 is 0 Å². The van der Waals surface area contributed by atoms with Crippen molar-refractivity contribution in [2.24, 2.45) is 5.73 Å². The van der Waals surface area contributed by atoms with Crippen molar-refractivity contribution in [2.75, 3.05) is 19.6 Å². The summed E-state index contributed by atoms with van der Waals surface area (Å²) in [6, 6.07) is 6.63. The fourth-order valence-electron chi connectivity index (χ4n) is 2.37. The molecule has 0 spiro atoms. The van der Waals surface area contributed by atoms with E-state index in [1.165, 1.54) is 18.4 Å². The van der Waals surface area contributed by atoms with Crippen LogP contribution >= 0.6 is 11.6 Å². The molecule has 1 unspecified atom stereocenters. The van der Waals surface area contributed by atoms with E-state index in [-0.39, 0.29) is 0 Å². The third-order valence-electron chi connectivity index (χ3n) is 3.39. The van der Waals surface area contributed by atoms with Gasteiger partial charge in [0.05, 0.1) is 0 Å². The highest BCUT2D eigenvalue weighted by Crippen LogP contribution is 2.27. The molecule has 0 radical (unpaired) electrons. The smallest absolute Gasteiger partial charge is 0.0470 e. The van der Waals surface area contributed by atoms with E-state index in [1.54, 1.807) is 0 Å². The molecule has 1 aliphatic heterocycles. The molecule has 0 aliphatic carbocycles. The van der Waals surface area contributed by atoms with E-state index in [0.29, 0.717) is 12.6 Å². The fourth-order valence-corrected chi connectivity index (χ4v) is 2.55. The Morgan fingerprint density at radius 3 is 2.62 bits per heavy atom. The van der Waals surface area contributed by atoms with Crippen molar-refractivity contribution in [1.29, 1.82) is 0 Å². The van der Waals surface area contributed by atoms with Gasteiger partial charge in [0.25, 0.3) is 0 Å². The van der Waals surface area contributed by atoms with Crippen LogP contribution in [0.4, 0.5) is 0 Å². The molecule has 2 N–H and O–H groups in total. The minimum absolute atomic E-state index is 0.334. The predicted octanol–water partition coefficient (Wildman–Crippen LogP) is 2.74. The normalized spacial score (nSPS) is 18.9. The van der Waals surface area contributed by atoms with Crippen molar-refractivity contribution in [3.05, 3.63) is 34.3 Å². The highest BCUT2D eigenvalue weighted by molar-refractivity contribution is 6.31. The van der Waals surface area contributed by atoms with Crippen molar-refractivity contribution in [3.63, 3.8) is 0 Å². The van der Waals surface area contributed by atoms with Gasteiger partial charge in [-0.25, -0.2) is 0 Å². The van der Waals surface area contributed by atoms with E-state index in [1.807, 2.05) is 6.92 Å². The summed E-state index contributed by atoms with van der Waals surface area (Å²) in [6.07, 6.45) is 2.58. The van der Waals surface area contributed by atoms with E-state index in [4.69, 9.17) is 17.3 Å². The van der Waals surface area contributed by atoms with Gasteiger partial charge in [-0.2, -0.15) is 0 Å². The largest absolute Gasteiger partial charge is 0.329 e. The fraction of sp³-hybridized carbons (Fsp3) is 0.538. The van der Waals surface area contributed by atoms with Gasteiger partial charge < -0.3 is 5.73 Å². The summed E-state index contributed by atoms with van der Waals surface area (Å²) in [7, 11) is 0. The number of nitrogens with two attached hydrogens (primary N) is 1. The standard InChI is InChI=1S/C13H19ClN2/c1-10-4-5-11(8-12(10)14)13(9-15)16-6-2-3-7-16/h4-5,8,13H,2-3,6-7,9,15H2,1H3. The van der Waals surface area contributed by atoms with Gasteiger partial charge in [-0.1, -0.05) is 23.7 Å². The molecular weight excluding hydrogens is 220 g/mol. The molecule has 1 heterocycles. The highest BCUT2D eigenvalue weighted by atomic mass is 35.5. The number of hydrogen-bond donors (Lipinski definition) is 1. The molecule has 1 atom stereocenters. The number of likely N-dealkylation sites (tertiary alicyclic amines) is 1. The Balaban J connectivity index is 2.22. The van der Waals surface area contributed by atoms with E-state index in [2.05, 4.69) is 23.1 Å². The van der Waals surface area contributed by atoms with Gasteiger partial charge in [-0.15, -0.1) is 0 Å². The van der Waals surface area contributed by atoms with Crippen LogP contribution in [0, 0.1) is 6.92 Å². The summed E-state index contributed by atoms with van der Waals surface area (Å²) in [5.41, 5.74) is 8.27. The summed E-state index contributed by atoms with van der Waals surface area (Å²) in [5, 5.41) is 0.843. The molecule has 0 amide bonds. The van der Waals surface area contributed by atoms with Crippen LogP contribution < -0.4 is 5.73 Å². The molecular formula is C13H19ClN2. The average Bonchev–Trinajstić information content (AvgIpc) is 2.78. The van der Waals surface area contributed by atoms with Crippen molar-refractivity contribution in [1.82, 2.24) is 4.90 Å². The summed E-state index contributed by atoms with van der Waals surface area (Å²) in [5.74, 6) is 0. The zero-order valence-electron chi connectivity index (χ0n) is 9.75. The van der Waals surface area contributed by atoms with Crippen LogP contribution in [-0.2, 0) is 0 Å². The quantitative estimate of drug-likeness (QED) is 0.878. The van der Waals surface area contributed by atoms with E-state index >= 15 is 0 Å². The van der Waals surface area contributed by atoms with Gasteiger partial charge >= 0.3 is 0 Å². The number of aryl methyl sites for hydroxylation is 1. The molecule has 1 fully saturated rings. The minimum atomic E-state index is 0.334. The zero-order chi connectivity index (χ0) is 11.5. The third kappa shape index (κ3) is 2.40. The molecule has 1 aromatic carbocycles. The molecule has 0 aromatic heterocycles. The Hall–Kier alpha value is -0.570. The van der Waals surface area contributed by atoms with Crippen LogP contribution in [-0.4, -0.2) is 24.5 Å². The Morgan fingerprint density at radius 2 is 2.06 bits per heavy atom. The molecule has 1 aromatic rings. The van der Waals surface area contributed by atoms with Crippen LogP contribution in [0.5, 0.6) is 0 Å². The predicted molar refractivity (Wildman–Crippen MR) is 68.8 cm³/mol. The Morgan fingerprint density at radius 1 is 1.38 bits per heavy atom. The molecule has 1 saturated heterocycles. The maximum Gasteiger partial charge on any atom is 0.0470 e. The third-order valence-corrected chi connectivity index (χ3v) is 3.79. The SMILES string of the molecule is Cc1ccc(C(CN)N2CCCC2)cc1Cl. The maximum absolute atomic E-state index is 6.16. The van der Waals surface area contributed by atoms with Crippen molar-refractivity contribution >= 4 is 11.6 Å². The Bertz CT molecular complexity index is 359. The molecule has 16 heavy (non-hydrogen) atoms. The molecule has 0 bridgehead atoms. The van der Waals surface area contributed by atoms with Crippen molar-refractivity contribution in [2.45, 2.75) is 25.8 Å². The number of nitrogens with zero attached hydrogens (tertiary/aromatic N) is 1. The van der Waals surface area contributed by atoms with Gasteiger partial charge in [0.15, 0.2) is 0 Å². The average molecular weight is 239 g/mol. The summed E-state index contributed by atoms with van der Waals surface area (Å²) < 4.78 is 0. The zero-order valence-corrected chi connectivity index (χ0v) is 10.5. The van der Waals surface area contributed by atoms with Gasteiger partial charge in [0.2, 0.25) is 0 Å². The highest BCUT2D eigenvalue weighted by Gasteiger charge is 2.22. The molecule has 2 rings (SSSR count). The first kappa shape index (κ1) is 11.9. The Kier molecular flexibility index (Phi) is 3.85. The Labute approximate surface area is 102 Å². The monoisotopic (exact) mass is 238 g/mol. The second-order valence-electron chi connectivity index (χ2n) is 4.50. The molecule has 2 nitrogen and oxygen atoms in total. The van der Waals surface area contributed by atoms with Gasteiger partial charge in [-0.05, 0) is 50.0 Å². The maximum atomic E-state index is 6.16. The summed E-state index contributed by atoms with van der Waals surface area (Å²) in [6.45, 7) is 5.01.